The van der Waals surface area contributed by atoms with Gasteiger partial charge < -0.3 is 14.8 Å². The van der Waals surface area contributed by atoms with Gasteiger partial charge in [-0.05, 0) is 41.6 Å². The van der Waals surface area contributed by atoms with Crippen molar-refractivity contribution in [1.29, 1.82) is 0 Å². The Morgan fingerprint density at radius 3 is 2.67 bits per heavy atom. The summed E-state index contributed by atoms with van der Waals surface area (Å²) in [4.78, 5) is 35.3. The summed E-state index contributed by atoms with van der Waals surface area (Å²) < 4.78 is 10.2. The van der Waals surface area contributed by atoms with Gasteiger partial charge in [-0.3, -0.25) is 24.6 Å². The van der Waals surface area contributed by atoms with E-state index in [0.29, 0.717) is 11.3 Å². The molecule has 10 heteroatoms. The van der Waals surface area contributed by atoms with E-state index in [1.54, 1.807) is 42.5 Å². The molecule has 0 aliphatic carbocycles. The summed E-state index contributed by atoms with van der Waals surface area (Å²) in [5.41, 5.74) is 1.65. The lowest BCUT2D eigenvalue weighted by atomic mass is 10.2. The SMILES string of the molecule is COC(=O)CN1C(=O)/C(=C/c2ccc(OCc3cccc([N+](=O)[O-])c3)cc2)NC1=S. The Morgan fingerprint density at radius 2 is 2.00 bits per heavy atom. The molecule has 1 saturated heterocycles. The summed E-state index contributed by atoms with van der Waals surface area (Å²) in [6.45, 7) is -0.0815. The number of nitrogens with one attached hydrogen (secondary N) is 1. The molecule has 0 aromatic heterocycles. The number of nitrogens with zero attached hydrogens (tertiary/aromatic N) is 2. The molecule has 2 aromatic carbocycles. The minimum absolute atomic E-state index is 0.00552. The van der Waals surface area contributed by atoms with Gasteiger partial charge in [-0.15, -0.1) is 0 Å². The predicted octanol–water partition coefficient (Wildman–Crippen LogP) is 2.40. The normalized spacial score (nSPS) is 14.6. The third kappa shape index (κ3) is 4.97. The molecular weight excluding hydrogens is 410 g/mol. The highest BCUT2D eigenvalue weighted by molar-refractivity contribution is 7.80. The fraction of sp³-hybridized carbons (Fsp3) is 0.150. The molecule has 9 nitrogen and oxygen atoms in total. The number of nitro benzene ring substituents is 1. The first-order chi connectivity index (χ1) is 14.4. The van der Waals surface area contributed by atoms with Crippen LogP contribution >= 0.6 is 12.2 Å². The number of hydrogen-bond donors (Lipinski definition) is 1. The second kappa shape index (κ2) is 9.14. The van der Waals surface area contributed by atoms with Crippen LogP contribution in [0.3, 0.4) is 0 Å². The second-order valence-electron chi connectivity index (χ2n) is 6.24. The van der Waals surface area contributed by atoms with Crippen molar-refractivity contribution in [2.75, 3.05) is 13.7 Å². The number of amides is 1. The summed E-state index contributed by atoms with van der Waals surface area (Å²) in [7, 11) is 1.23. The molecule has 1 amide bonds. The van der Waals surface area contributed by atoms with Gasteiger partial charge in [0.2, 0.25) is 0 Å². The van der Waals surface area contributed by atoms with E-state index in [-0.39, 0.29) is 29.6 Å². The van der Waals surface area contributed by atoms with Crippen molar-refractivity contribution in [3.05, 3.63) is 75.5 Å². The van der Waals surface area contributed by atoms with E-state index < -0.39 is 16.8 Å². The second-order valence-corrected chi connectivity index (χ2v) is 6.63. The van der Waals surface area contributed by atoms with Crippen molar-refractivity contribution in [3.8, 4) is 5.75 Å². The van der Waals surface area contributed by atoms with Gasteiger partial charge in [0, 0.05) is 12.1 Å². The minimum atomic E-state index is -0.570. The van der Waals surface area contributed by atoms with Crippen LogP contribution in [0.1, 0.15) is 11.1 Å². The molecule has 0 saturated carbocycles. The predicted molar refractivity (Wildman–Crippen MR) is 111 cm³/mol. The summed E-state index contributed by atoms with van der Waals surface area (Å²) >= 11 is 5.09. The molecule has 1 aliphatic heterocycles. The standard InChI is InChI=1S/C20H17N3O6S/c1-28-18(24)11-22-19(25)17(21-20(22)30)10-13-5-7-16(8-6-13)29-12-14-3-2-4-15(9-14)23(26)27/h2-10H,11-12H2,1H3,(H,21,30)/b17-10-. The number of non-ortho nitro benzene ring substituents is 1. The van der Waals surface area contributed by atoms with Crippen molar-refractivity contribution >= 4 is 41.0 Å². The molecule has 1 N–H and O–H groups in total. The van der Waals surface area contributed by atoms with Gasteiger partial charge in [0.25, 0.3) is 11.6 Å². The fourth-order valence-corrected chi connectivity index (χ4v) is 2.92. The number of nitro groups is 1. The molecular formula is C20H17N3O6S. The number of esters is 1. The molecule has 1 heterocycles. The maximum Gasteiger partial charge on any atom is 0.325 e. The Balaban J connectivity index is 1.64. The molecule has 1 fully saturated rings. The third-order valence-corrected chi connectivity index (χ3v) is 4.52. The molecule has 0 spiro atoms. The van der Waals surface area contributed by atoms with Crippen molar-refractivity contribution in [2.45, 2.75) is 6.61 Å². The van der Waals surface area contributed by atoms with Crippen molar-refractivity contribution in [2.24, 2.45) is 0 Å². The summed E-state index contributed by atoms with van der Waals surface area (Å²) in [5.74, 6) is -0.424. The highest BCUT2D eigenvalue weighted by atomic mass is 32.1. The number of thiocarbonyl (C=S) groups is 1. The molecule has 30 heavy (non-hydrogen) atoms. The average molecular weight is 427 g/mol. The Bertz CT molecular complexity index is 1040. The zero-order valence-corrected chi connectivity index (χ0v) is 16.7. The Morgan fingerprint density at radius 1 is 1.27 bits per heavy atom. The Hall–Kier alpha value is -3.79. The average Bonchev–Trinajstić information content (AvgIpc) is 3.00. The lowest BCUT2D eigenvalue weighted by Crippen LogP contribution is -2.35. The first kappa shape index (κ1) is 20.9. The van der Waals surface area contributed by atoms with Crippen LogP contribution in [0.25, 0.3) is 6.08 Å². The molecule has 2 aromatic rings. The number of carbonyl (C=O) groups excluding carboxylic acids is 2. The van der Waals surface area contributed by atoms with Gasteiger partial charge in [-0.2, -0.15) is 0 Å². The van der Waals surface area contributed by atoms with E-state index in [2.05, 4.69) is 10.1 Å². The molecule has 0 unspecified atom stereocenters. The van der Waals surface area contributed by atoms with Gasteiger partial charge in [-0.1, -0.05) is 24.3 Å². The van der Waals surface area contributed by atoms with Gasteiger partial charge in [-0.25, -0.2) is 0 Å². The van der Waals surface area contributed by atoms with Crippen LogP contribution < -0.4 is 10.1 Å². The lowest BCUT2D eigenvalue weighted by Gasteiger charge is -2.11. The van der Waals surface area contributed by atoms with E-state index in [9.17, 15) is 19.7 Å². The quantitative estimate of drug-likeness (QED) is 0.236. The van der Waals surface area contributed by atoms with Crippen molar-refractivity contribution in [1.82, 2.24) is 10.2 Å². The molecule has 0 radical (unpaired) electrons. The maximum atomic E-state index is 12.4. The van der Waals surface area contributed by atoms with Gasteiger partial charge in [0.15, 0.2) is 5.11 Å². The fourth-order valence-electron chi connectivity index (χ4n) is 2.66. The first-order valence-electron chi connectivity index (χ1n) is 8.75. The summed E-state index contributed by atoms with van der Waals surface area (Å²) in [6, 6.07) is 13.1. The van der Waals surface area contributed by atoms with Crippen molar-refractivity contribution in [3.63, 3.8) is 0 Å². The van der Waals surface area contributed by atoms with Gasteiger partial charge >= 0.3 is 5.97 Å². The molecule has 1 aliphatic rings. The maximum absolute atomic E-state index is 12.4. The Kier molecular flexibility index (Phi) is 6.38. The summed E-state index contributed by atoms with van der Waals surface area (Å²) in [5, 5.41) is 13.7. The highest BCUT2D eigenvalue weighted by Gasteiger charge is 2.32. The van der Waals surface area contributed by atoms with Crippen LogP contribution in [0, 0.1) is 10.1 Å². The lowest BCUT2D eigenvalue weighted by molar-refractivity contribution is -0.384. The Labute approximate surface area is 177 Å². The topological polar surface area (TPSA) is 111 Å². The van der Waals surface area contributed by atoms with Gasteiger partial charge in [0.1, 0.15) is 24.6 Å². The number of hydrogen-bond acceptors (Lipinski definition) is 7. The van der Waals surface area contributed by atoms with Crippen LogP contribution in [0.2, 0.25) is 0 Å². The smallest absolute Gasteiger partial charge is 0.325 e. The number of ether oxygens (including phenoxy) is 2. The van der Waals surface area contributed by atoms with E-state index >= 15 is 0 Å². The third-order valence-electron chi connectivity index (χ3n) is 4.20. The summed E-state index contributed by atoms with van der Waals surface area (Å²) in [6.07, 6.45) is 1.61. The van der Waals surface area contributed by atoms with Crippen LogP contribution in [-0.2, 0) is 20.9 Å². The first-order valence-corrected chi connectivity index (χ1v) is 9.16. The molecule has 154 valence electrons. The number of rotatable bonds is 7. The molecule has 3 rings (SSSR count). The zero-order chi connectivity index (χ0) is 21.7. The van der Waals surface area contributed by atoms with Crippen LogP contribution in [0.5, 0.6) is 5.75 Å². The number of benzene rings is 2. The van der Waals surface area contributed by atoms with E-state index in [1.807, 2.05) is 0 Å². The zero-order valence-electron chi connectivity index (χ0n) is 15.9. The number of carbonyl (C=O) groups is 2. The minimum Gasteiger partial charge on any atom is -0.489 e. The van der Waals surface area contributed by atoms with E-state index in [4.69, 9.17) is 17.0 Å². The molecule has 0 atom stereocenters. The van der Waals surface area contributed by atoms with E-state index in [0.717, 1.165) is 10.5 Å². The monoisotopic (exact) mass is 427 g/mol. The van der Waals surface area contributed by atoms with Crippen molar-refractivity contribution < 1.29 is 24.0 Å². The number of methoxy groups -OCH3 is 1. The largest absolute Gasteiger partial charge is 0.489 e. The van der Waals surface area contributed by atoms with Gasteiger partial charge in [0.05, 0.1) is 12.0 Å². The van der Waals surface area contributed by atoms with Crippen LogP contribution in [0.15, 0.2) is 54.2 Å². The van der Waals surface area contributed by atoms with Crippen LogP contribution in [-0.4, -0.2) is 40.5 Å². The highest BCUT2D eigenvalue weighted by Crippen LogP contribution is 2.19. The molecule has 0 bridgehead atoms. The van der Waals surface area contributed by atoms with Crippen LogP contribution in [0.4, 0.5) is 5.69 Å². The van der Waals surface area contributed by atoms with E-state index in [1.165, 1.54) is 19.2 Å².